The van der Waals surface area contributed by atoms with Crippen LogP contribution in [0.4, 0.5) is 0 Å². The van der Waals surface area contributed by atoms with Crippen molar-refractivity contribution in [1.82, 2.24) is 15.6 Å². The summed E-state index contributed by atoms with van der Waals surface area (Å²) in [5, 5.41) is 0.632. The first-order valence-corrected chi connectivity index (χ1v) is 10.8. The Morgan fingerprint density at radius 3 is 2.48 bits per heavy atom. The number of benzene rings is 1. The summed E-state index contributed by atoms with van der Waals surface area (Å²) in [6.07, 6.45) is 0.858. The Kier molecular flexibility index (Phi) is 5.53. The van der Waals surface area contributed by atoms with Gasteiger partial charge < -0.3 is 0 Å². The summed E-state index contributed by atoms with van der Waals surface area (Å²) in [4.78, 5) is 2.27. The van der Waals surface area contributed by atoms with Crippen LogP contribution in [0.2, 0.25) is 5.02 Å². The molecule has 5 nitrogen and oxygen atoms in total. The highest BCUT2D eigenvalue weighted by Crippen LogP contribution is 2.38. The summed E-state index contributed by atoms with van der Waals surface area (Å²) >= 11 is 7.41. The van der Waals surface area contributed by atoms with E-state index >= 15 is 0 Å². The smallest absolute Gasteiger partial charge is 0.242 e. The maximum Gasteiger partial charge on any atom is 0.242 e. The zero-order chi connectivity index (χ0) is 18.2. The van der Waals surface area contributed by atoms with Crippen LogP contribution in [0.3, 0.4) is 0 Å². The number of hydrogen-bond acceptors (Lipinski definition) is 5. The lowest BCUT2D eigenvalue weighted by atomic mass is 10.0. The third kappa shape index (κ3) is 4.07. The van der Waals surface area contributed by atoms with Crippen LogP contribution in [0.25, 0.3) is 0 Å². The molecule has 3 rings (SSSR count). The molecule has 136 valence electrons. The fraction of sp³-hybridized carbons (Fsp3) is 0.412. The molecule has 1 aromatic heterocycles. The minimum atomic E-state index is -3.60. The van der Waals surface area contributed by atoms with Crippen LogP contribution in [0.1, 0.15) is 40.3 Å². The first-order chi connectivity index (χ1) is 11.8. The first-order valence-electron chi connectivity index (χ1n) is 8.13. The third-order valence-corrected chi connectivity index (χ3v) is 7.35. The van der Waals surface area contributed by atoms with E-state index in [0.717, 1.165) is 27.3 Å². The summed E-state index contributed by atoms with van der Waals surface area (Å²) in [7, 11) is -3.60. The van der Waals surface area contributed by atoms with Crippen molar-refractivity contribution in [3.8, 4) is 0 Å². The zero-order valence-electron chi connectivity index (χ0n) is 14.4. The minimum Gasteiger partial charge on any atom is -0.254 e. The van der Waals surface area contributed by atoms with Gasteiger partial charge in [0.25, 0.3) is 0 Å². The molecule has 1 saturated heterocycles. The van der Waals surface area contributed by atoms with E-state index in [1.165, 1.54) is 11.3 Å². The second-order valence-electron chi connectivity index (χ2n) is 6.39. The van der Waals surface area contributed by atoms with Gasteiger partial charge in [0, 0.05) is 32.9 Å². The van der Waals surface area contributed by atoms with Crippen LogP contribution in [0, 0.1) is 13.8 Å². The molecular weight excluding hydrogens is 378 g/mol. The van der Waals surface area contributed by atoms with E-state index in [9.17, 15) is 8.42 Å². The van der Waals surface area contributed by atoms with Gasteiger partial charge in [0.2, 0.25) is 10.0 Å². The summed E-state index contributed by atoms with van der Waals surface area (Å²) in [5.41, 5.74) is 8.14. The van der Waals surface area contributed by atoms with Crippen molar-refractivity contribution in [3.63, 3.8) is 0 Å². The van der Waals surface area contributed by atoms with E-state index in [4.69, 9.17) is 11.6 Å². The molecule has 0 radical (unpaired) electrons. The molecule has 1 aromatic carbocycles. The largest absolute Gasteiger partial charge is 0.254 e. The molecule has 0 saturated carbocycles. The highest BCUT2D eigenvalue weighted by atomic mass is 35.5. The summed E-state index contributed by atoms with van der Waals surface area (Å²) < 4.78 is 28.7. The van der Waals surface area contributed by atoms with Crippen molar-refractivity contribution < 1.29 is 8.42 Å². The SMILES string of the molecule is Cc1sc(C)c(S(=O)(=O)NCc2ccc(Cl)cc2)c1C1CC(C)NN1. The number of halogens is 1. The zero-order valence-corrected chi connectivity index (χ0v) is 16.8. The first kappa shape index (κ1) is 18.8. The van der Waals surface area contributed by atoms with Gasteiger partial charge in [-0.3, -0.25) is 5.43 Å². The van der Waals surface area contributed by atoms with E-state index < -0.39 is 10.0 Å². The molecule has 0 bridgehead atoms. The lowest BCUT2D eigenvalue weighted by Crippen LogP contribution is -2.30. The Labute approximate surface area is 157 Å². The fourth-order valence-corrected chi connectivity index (χ4v) is 6.30. The van der Waals surface area contributed by atoms with Gasteiger partial charge in [-0.05, 0) is 44.9 Å². The third-order valence-electron chi connectivity index (χ3n) is 4.34. The van der Waals surface area contributed by atoms with Crippen LogP contribution >= 0.6 is 22.9 Å². The van der Waals surface area contributed by atoms with E-state index in [0.29, 0.717) is 16.0 Å². The predicted molar refractivity (Wildman–Crippen MR) is 102 cm³/mol. The van der Waals surface area contributed by atoms with Gasteiger partial charge >= 0.3 is 0 Å². The van der Waals surface area contributed by atoms with E-state index in [2.05, 4.69) is 22.5 Å². The molecule has 1 aliphatic rings. The van der Waals surface area contributed by atoms with Crippen molar-refractivity contribution in [2.75, 3.05) is 0 Å². The van der Waals surface area contributed by atoms with E-state index in [1.54, 1.807) is 12.1 Å². The highest BCUT2D eigenvalue weighted by Gasteiger charge is 2.32. The average Bonchev–Trinajstić information content (AvgIpc) is 3.09. The van der Waals surface area contributed by atoms with E-state index in [1.807, 2.05) is 26.0 Å². The Morgan fingerprint density at radius 2 is 1.88 bits per heavy atom. The van der Waals surface area contributed by atoms with Gasteiger partial charge in [0.05, 0.1) is 6.04 Å². The van der Waals surface area contributed by atoms with Gasteiger partial charge in [-0.2, -0.15) is 0 Å². The van der Waals surface area contributed by atoms with Crippen LogP contribution in [-0.4, -0.2) is 14.5 Å². The van der Waals surface area contributed by atoms with Gasteiger partial charge in [0.1, 0.15) is 4.90 Å². The second kappa shape index (κ2) is 7.34. The molecule has 1 aliphatic heterocycles. The molecule has 3 N–H and O–H groups in total. The van der Waals surface area contributed by atoms with E-state index in [-0.39, 0.29) is 12.6 Å². The standard InChI is InChI=1S/C17H22ClN3O2S2/c1-10-8-15(21-20-10)16-11(2)24-12(3)17(16)25(22,23)19-9-13-4-6-14(18)7-5-13/h4-7,10,15,19-21H,8-9H2,1-3H3. The van der Waals surface area contributed by atoms with Crippen LogP contribution < -0.4 is 15.6 Å². The van der Waals surface area contributed by atoms with Crippen molar-refractivity contribution in [2.24, 2.45) is 0 Å². The summed E-state index contributed by atoms with van der Waals surface area (Å²) in [6.45, 7) is 6.16. The predicted octanol–water partition coefficient (Wildman–Crippen LogP) is 3.42. The van der Waals surface area contributed by atoms with Crippen LogP contribution in [0.15, 0.2) is 29.2 Å². The van der Waals surface area contributed by atoms with Gasteiger partial charge in [-0.1, -0.05) is 23.7 Å². The van der Waals surface area contributed by atoms with Crippen molar-refractivity contribution in [1.29, 1.82) is 0 Å². The fourth-order valence-electron chi connectivity index (χ4n) is 3.18. The number of sulfonamides is 1. The van der Waals surface area contributed by atoms with Gasteiger partial charge in [-0.15, -0.1) is 11.3 Å². The number of hydrazine groups is 1. The maximum atomic E-state index is 13.0. The molecule has 0 amide bonds. The average molecular weight is 400 g/mol. The normalized spacial score (nSPS) is 21.0. The van der Waals surface area contributed by atoms with Crippen LogP contribution in [-0.2, 0) is 16.6 Å². The highest BCUT2D eigenvalue weighted by molar-refractivity contribution is 7.89. The van der Waals surface area contributed by atoms with Gasteiger partial charge in [-0.25, -0.2) is 18.6 Å². The lowest BCUT2D eigenvalue weighted by Gasteiger charge is -2.15. The number of hydrogen-bond donors (Lipinski definition) is 3. The minimum absolute atomic E-state index is 0.00190. The number of thiophene rings is 1. The molecule has 8 heteroatoms. The van der Waals surface area contributed by atoms with Crippen LogP contribution in [0.5, 0.6) is 0 Å². The molecule has 0 aliphatic carbocycles. The summed E-state index contributed by atoms with van der Waals surface area (Å²) in [5.74, 6) is 0. The number of rotatable bonds is 5. The lowest BCUT2D eigenvalue weighted by molar-refractivity contribution is 0.549. The molecule has 0 spiro atoms. The van der Waals surface area contributed by atoms with Crippen molar-refractivity contribution >= 4 is 33.0 Å². The molecular formula is C17H22ClN3O2S2. The molecule has 1 fully saturated rings. The number of nitrogens with one attached hydrogen (secondary N) is 3. The monoisotopic (exact) mass is 399 g/mol. The Balaban J connectivity index is 1.87. The number of aryl methyl sites for hydroxylation is 2. The maximum absolute atomic E-state index is 13.0. The topological polar surface area (TPSA) is 70.2 Å². The Morgan fingerprint density at radius 1 is 1.20 bits per heavy atom. The molecule has 25 heavy (non-hydrogen) atoms. The molecule has 2 aromatic rings. The Bertz CT molecular complexity index is 863. The summed E-state index contributed by atoms with van der Waals surface area (Å²) in [6, 6.07) is 7.46. The quantitative estimate of drug-likeness (QED) is 0.720. The molecule has 2 atom stereocenters. The van der Waals surface area contributed by atoms with Crippen molar-refractivity contribution in [2.45, 2.75) is 50.7 Å². The van der Waals surface area contributed by atoms with Crippen molar-refractivity contribution in [3.05, 3.63) is 50.2 Å². The molecule has 2 unspecified atom stereocenters. The Hall–Kier alpha value is -0.960. The molecule has 2 heterocycles. The second-order valence-corrected chi connectivity index (χ2v) is 9.96. The van der Waals surface area contributed by atoms with Gasteiger partial charge in [0.15, 0.2) is 0 Å².